The molecule has 2 aromatic carbocycles. The van der Waals surface area contributed by atoms with E-state index < -0.39 is 0 Å². The van der Waals surface area contributed by atoms with Crippen LogP contribution >= 0.6 is 0 Å². The predicted molar refractivity (Wildman–Crippen MR) is 94.6 cm³/mol. The van der Waals surface area contributed by atoms with Crippen LogP contribution in [0, 0.1) is 0 Å². The molecule has 5 heteroatoms. The normalized spacial score (nSPS) is 10.8. The highest BCUT2D eigenvalue weighted by Crippen LogP contribution is 2.15. The van der Waals surface area contributed by atoms with Crippen molar-refractivity contribution in [2.45, 2.75) is 13.1 Å². The quantitative estimate of drug-likeness (QED) is 0.612. The van der Waals surface area contributed by atoms with Gasteiger partial charge in [0.15, 0.2) is 0 Å². The zero-order valence-corrected chi connectivity index (χ0v) is 13.1. The fraction of sp³-hybridized carbons (Fsp3) is 0.105. The highest BCUT2D eigenvalue weighted by atomic mass is 15.0. The molecule has 2 heterocycles. The number of aromatic nitrogens is 4. The molecule has 0 saturated heterocycles. The lowest BCUT2D eigenvalue weighted by Gasteiger charge is -2.11. The van der Waals surface area contributed by atoms with Crippen molar-refractivity contribution < 1.29 is 0 Å². The Bertz CT molecular complexity index is 947. The monoisotopic (exact) mass is 315 g/mol. The number of para-hydroxylation sites is 2. The van der Waals surface area contributed by atoms with E-state index in [1.54, 1.807) is 12.4 Å². The summed E-state index contributed by atoms with van der Waals surface area (Å²) in [6, 6.07) is 16.3. The molecule has 0 amide bonds. The highest BCUT2D eigenvalue weighted by molar-refractivity contribution is 5.75. The van der Waals surface area contributed by atoms with Gasteiger partial charge in [-0.2, -0.15) is 0 Å². The van der Waals surface area contributed by atoms with Crippen molar-refractivity contribution >= 4 is 16.9 Å². The van der Waals surface area contributed by atoms with E-state index in [1.165, 1.54) is 11.1 Å². The first-order valence-corrected chi connectivity index (χ1v) is 7.87. The predicted octanol–water partition coefficient (Wildman–Crippen LogP) is 3.49. The van der Waals surface area contributed by atoms with Crippen molar-refractivity contribution in [1.82, 2.24) is 19.5 Å². The van der Waals surface area contributed by atoms with Crippen molar-refractivity contribution in [3.63, 3.8) is 0 Å². The van der Waals surface area contributed by atoms with Gasteiger partial charge in [0.25, 0.3) is 0 Å². The molecule has 1 N–H and O–H groups in total. The maximum Gasteiger partial charge on any atom is 0.145 e. The number of anilines is 1. The number of hydrogen-bond acceptors (Lipinski definition) is 4. The summed E-state index contributed by atoms with van der Waals surface area (Å²) >= 11 is 0. The first-order valence-electron chi connectivity index (χ1n) is 7.87. The van der Waals surface area contributed by atoms with E-state index in [9.17, 15) is 0 Å². The van der Waals surface area contributed by atoms with Gasteiger partial charge in [-0.15, -0.1) is 0 Å². The molecule has 24 heavy (non-hydrogen) atoms. The van der Waals surface area contributed by atoms with Gasteiger partial charge in [-0.05, 0) is 23.3 Å². The largest absolute Gasteiger partial charge is 0.365 e. The van der Waals surface area contributed by atoms with Gasteiger partial charge in [0.2, 0.25) is 0 Å². The third kappa shape index (κ3) is 3.10. The summed E-state index contributed by atoms with van der Waals surface area (Å²) in [7, 11) is 0. The third-order valence-electron chi connectivity index (χ3n) is 3.94. The Kier molecular flexibility index (Phi) is 3.90. The molecular formula is C19H17N5. The first-order chi connectivity index (χ1) is 11.9. The second-order valence-electron chi connectivity index (χ2n) is 5.60. The number of nitrogens with one attached hydrogen (secondary N) is 1. The van der Waals surface area contributed by atoms with Crippen LogP contribution in [0.5, 0.6) is 0 Å². The molecule has 4 aromatic rings. The fourth-order valence-corrected chi connectivity index (χ4v) is 2.69. The van der Waals surface area contributed by atoms with E-state index in [0.717, 1.165) is 23.4 Å². The van der Waals surface area contributed by atoms with Crippen molar-refractivity contribution in [2.24, 2.45) is 0 Å². The molecule has 0 aliphatic heterocycles. The van der Waals surface area contributed by atoms with Gasteiger partial charge in [-0.1, -0.05) is 36.4 Å². The molecular weight excluding hydrogens is 298 g/mol. The standard InChI is InChI=1S/C19H17N5/c1-2-6-16(13-24-10-9-20-14-24)15(5-1)11-22-19-12-21-17-7-3-4-8-18(17)23-19/h1-10,12,14H,11,13H2,(H,22,23). The number of rotatable bonds is 5. The zero-order valence-electron chi connectivity index (χ0n) is 13.1. The summed E-state index contributed by atoms with van der Waals surface area (Å²) in [5.74, 6) is 0.783. The van der Waals surface area contributed by atoms with Crippen LogP contribution in [-0.4, -0.2) is 19.5 Å². The second-order valence-corrected chi connectivity index (χ2v) is 5.60. The van der Waals surface area contributed by atoms with Crippen LogP contribution in [0.25, 0.3) is 11.0 Å². The molecule has 0 aliphatic rings. The van der Waals surface area contributed by atoms with Gasteiger partial charge in [0.05, 0.1) is 23.6 Å². The average molecular weight is 315 g/mol. The number of imidazole rings is 1. The van der Waals surface area contributed by atoms with E-state index in [0.29, 0.717) is 6.54 Å². The maximum atomic E-state index is 4.61. The molecule has 0 atom stereocenters. The Morgan fingerprint density at radius 3 is 2.54 bits per heavy atom. The summed E-state index contributed by atoms with van der Waals surface area (Å²) in [6.45, 7) is 1.51. The molecule has 2 aromatic heterocycles. The zero-order chi connectivity index (χ0) is 16.2. The summed E-state index contributed by atoms with van der Waals surface area (Å²) in [5, 5.41) is 3.37. The Labute approximate surface area is 140 Å². The van der Waals surface area contributed by atoms with Crippen molar-refractivity contribution in [3.05, 3.63) is 84.6 Å². The van der Waals surface area contributed by atoms with Crippen LogP contribution < -0.4 is 5.32 Å². The van der Waals surface area contributed by atoms with E-state index in [-0.39, 0.29) is 0 Å². The van der Waals surface area contributed by atoms with E-state index >= 15 is 0 Å². The van der Waals surface area contributed by atoms with E-state index in [2.05, 4.69) is 49.1 Å². The molecule has 5 nitrogen and oxygen atoms in total. The molecule has 0 aliphatic carbocycles. The molecule has 0 radical (unpaired) electrons. The second kappa shape index (κ2) is 6.50. The topological polar surface area (TPSA) is 55.6 Å². The van der Waals surface area contributed by atoms with Crippen LogP contribution in [-0.2, 0) is 13.1 Å². The molecule has 0 saturated carbocycles. The Morgan fingerprint density at radius 1 is 0.917 bits per heavy atom. The van der Waals surface area contributed by atoms with Gasteiger partial charge in [0.1, 0.15) is 5.82 Å². The number of hydrogen-bond donors (Lipinski definition) is 1. The Morgan fingerprint density at radius 2 is 1.71 bits per heavy atom. The molecule has 0 unspecified atom stereocenters. The van der Waals surface area contributed by atoms with Crippen molar-refractivity contribution in [2.75, 3.05) is 5.32 Å². The van der Waals surface area contributed by atoms with Crippen LogP contribution in [0.4, 0.5) is 5.82 Å². The minimum atomic E-state index is 0.706. The SMILES string of the molecule is c1ccc(Cn2ccnc2)c(CNc2cnc3ccccc3n2)c1. The van der Waals surface area contributed by atoms with Crippen LogP contribution in [0.2, 0.25) is 0 Å². The minimum Gasteiger partial charge on any atom is -0.365 e. The lowest BCUT2D eigenvalue weighted by atomic mass is 10.1. The highest BCUT2D eigenvalue weighted by Gasteiger charge is 2.04. The molecule has 0 bridgehead atoms. The van der Waals surface area contributed by atoms with Gasteiger partial charge in [0, 0.05) is 25.5 Å². The lowest BCUT2D eigenvalue weighted by Crippen LogP contribution is -2.07. The summed E-state index contributed by atoms with van der Waals surface area (Å²) in [4.78, 5) is 13.1. The number of fused-ring (bicyclic) bond motifs is 1. The van der Waals surface area contributed by atoms with Gasteiger partial charge in [-0.25, -0.2) is 9.97 Å². The minimum absolute atomic E-state index is 0.706. The van der Waals surface area contributed by atoms with Gasteiger partial charge < -0.3 is 9.88 Å². The Balaban J connectivity index is 1.52. The van der Waals surface area contributed by atoms with Gasteiger partial charge in [-0.3, -0.25) is 4.98 Å². The Hall–Kier alpha value is -3.21. The van der Waals surface area contributed by atoms with E-state index in [4.69, 9.17) is 0 Å². The van der Waals surface area contributed by atoms with Crippen molar-refractivity contribution in [1.29, 1.82) is 0 Å². The van der Waals surface area contributed by atoms with Crippen LogP contribution in [0.3, 0.4) is 0 Å². The summed E-state index contributed by atoms with van der Waals surface area (Å²) in [5.41, 5.74) is 4.30. The van der Waals surface area contributed by atoms with Gasteiger partial charge >= 0.3 is 0 Å². The smallest absolute Gasteiger partial charge is 0.145 e. The van der Waals surface area contributed by atoms with Crippen LogP contribution in [0.1, 0.15) is 11.1 Å². The lowest BCUT2D eigenvalue weighted by molar-refractivity contribution is 0.787. The first kappa shape index (κ1) is 14.4. The molecule has 0 spiro atoms. The summed E-state index contributed by atoms with van der Waals surface area (Å²) in [6.07, 6.45) is 7.38. The maximum absolute atomic E-state index is 4.61. The number of benzene rings is 2. The number of nitrogens with zero attached hydrogens (tertiary/aromatic N) is 4. The summed E-state index contributed by atoms with van der Waals surface area (Å²) < 4.78 is 2.06. The molecule has 4 rings (SSSR count). The van der Waals surface area contributed by atoms with Crippen molar-refractivity contribution in [3.8, 4) is 0 Å². The van der Waals surface area contributed by atoms with Crippen LogP contribution in [0.15, 0.2) is 73.4 Å². The molecule has 118 valence electrons. The average Bonchev–Trinajstić information content (AvgIpc) is 3.14. The third-order valence-corrected chi connectivity index (χ3v) is 3.94. The van der Waals surface area contributed by atoms with E-state index in [1.807, 2.05) is 36.8 Å². The molecule has 0 fully saturated rings. The fourth-order valence-electron chi connectivity index (χ4n) is 2.69.